The zero-order valence-corrected chi connectivity index (χ0v) is 49.2. The Morgan fingerprint density at radius 3 is 0.795 bits per heavy atom. The van der Waals surface area contributed by atoms with Crippen LogP contribution in [0, 0.1) is 0 Å². The Morgan fingerprint density at radius 2 is 0.493 bits per heavy atom. The monoisotopic (exact) mass is 1020 g/mol. The van der Waals surface area contributed by atoms with E-state index >= 15 is 0 Å². The molecule has 0 bridgehead atoms. The number of ether oxygens (including phenoxy) is 3. The lowest BCUT2D eigenvalue weighted by atomic mass is 10.0. The molecule has 0 aromatic carbocycles. The topological polar surface area (TPSA) is 78.9 Å². The highest BCUT2D eigenvalue weighted by molar-refractivity contribution is 5.71. The van der Waals surface area contributed by atoms with Crippen LogP contribution in [0.5, 0.6) is 0 Å². The third-order valence-corrected chi connectivity index (χ3v) is 14.6. The number of hydrogen-bond acceptors (Lipinski definition) is 6. The minimum absolute atomic E-state index is 0.0716. The third-order valence-electron chi connectivity index (χ3n) is 14.6. The molecule has 0 radical (unpaired) electrons. The van der Waals surface area contributed by atoms with Crippen molar-refractivity contribution in [3.05, 3.63) is 36.5 Å². The molecule has 6 nitrogen and oxygen atoms in total. The van der Waals surface area contributed by atoms with Crippen LogP contribution in [0.15, 0.2) is 36.5 Å². The van der Waals surface area contributed by atoms with E-state index in [1.54, 1.807) is 0 Å². The average molecular weight is 1030 g/mol. The number of rotatable bonds is 60. The lowest BCUT2D eigenvalue weighted by Crippen LogP contribution is -2.30. The van der Waals surface area contributed by atoms with Crippen LogP contribution in [0.3, 0.4) is 0 Å². The van der Waals surface area contributed by atoms with Crippen molar-refractivity contribution >= 4 is 17.9 Å². The van der Waals surface area contributed by atoms with Crippen LogP contribution in [-0.2, 0) is 28.6 Å². The lowest BCUT2D eigenvalue weighted by molar-refractivity contribution is -0.167. The standard InChI is InChI=1S/C67H124O6/c1-4-7-10-13-16-19-22-25-28-31-33-36-38-41-44-47-50-53-56-59-65(68)71-62-64(73-67(70)61-58-55-52-49-46-43-40-35-30-27-24-21-18-15-12-9-6-3)63-72-66(69)60-57-54-51-48-45-42-39-37-34-32-29-26-23-20-17-14-11-8-5-2/h18,21,25,27-28,30,64H,4-17,19-20,22-24,26,29,31-63H2,1-3H3/b21-18-,28-25-,30-27-/t64-/m1/s1. The van der Waals surface area contributed by atoms with E-state index in [0.29, 0.717) is 19.3 Å². The maximum absolute atomic E-state index is 12.9. The summed E-state index contributed by atoms with van der Waals surface area (Å²) in [4.78, 5) is 38.3. The maximum atomic E-state index is 12.9. The summed E-state index contributed by atoms with van der Waals surface area (Å²) in [6.07, 6.45) is 75.7. The van der Waals surface area contributed by atoms with Gasteiger partial charge in [-0.2, -0.15) is 0 Å². The molecular weight excluding hydrogens is 901 g/mol. The van der Waals surface area contributed by atoms with Crippen molar-refractivity contribution in [2.24, 2.45) is 0 Å². The molecule has 0 amide bonds. The Kier molecular flexibility index (Phi) is 60.2. The first-order valence-corrected chi connectivity index (χ1v) is 32.5. The summed E-state index contributed by atoms with van der Waals surface area (Å²) in [6.45, 7) is 6.67. The summed E-state index contributed by atoms with van der Waals surface area (Å²) in [7, 11) is 0. The van der Waals surface area contributed by atoms with Crippen molar-refractivity contribution in [1.29, 1.82) is 0 Å². The van der Waals surface area contributed by atoms with E-state index in [2.05, 4.69) is 57.2 Å². The average Bonchev–Trinajstić information content (AvgIpc) is 3.39. The fraction of sp³-hybridized carbons (Fsp3) is 0.866. The van der Waals surface area contributed by atoms with Crippen molar-refractivity contribution in [2.75, 3.05) is 13.2 Å². The van der Waals surface area contributed by atoms with Gasteiger partial charge >= 0.3 is 17.9 Å². The quantitative estimate of drug-likeness (QED) is 0.0261. The number of hydrogen-bond donors (Lipinski definition) is 0. The van der Waals surface area contributed by atoms with Crippen LogP contribution in [-0.4, -0.2) is 37.2 Å². The Bertz CT molecular complexity index is 1220. The van der Waals surface area contributed by atoms with Gasteiger partial charge in [-0.3, -0.25) is 14.4 Å². The molecule has 0 aliphatic heterocycles. The van der Waals surface area contributed by atoms with Crippen LogP contribution < -0.4 is 0 Å². The van der Waals surface area contributed by atoms with Gasteiger partial charge in [0, 0.05) is 19.3 Å². The summed E-state index contributed by atoms with van der Waals surface area (Å²) in [5.74, 6) is -0.857. The first-order valence-electron chi connectivity index (χ1n) is 32.5. The van der Waals surface area contributed by atoms with Crippen molar-refractivity contribution in [1.82, 2.24) is 0 Å². The van der Waals surface area contributed by atoms with Crippen LogP contribution >= 0.6 is 0 Å². The van der Waals surface area contributed by atoms with Crippen LogP contribution in [0.2, 0.25) is 0 Å². The third kappa shape index (κ3) is 60.4. The van der Waals surface area contributed by atoms with Gasteiger partial charge in [-0.1, -0.05) is 295 Å². The van der Waals surface area contributed by atoms with Gasteiger partial charge in [0.2, 0.25) is 0 Å². The summed E-state index contributed by atoms with van der Waals surface area (Å²) >= 11 is 0. The van der Waals surface area contributed by atoms with Gasteiger partial charge in [0.1, 0.15) is 13.2 Å². The molecule has 0 N–H and O–H groups in total. The van der Waals surface area contributed by atoms with Gasteiger partial charge in [-0.05, 0) is 77.0 Å². The minimum Gasteiger partial charge on any atom is -0.462 e. The fourth-order valence-electron chi connectivity index (χ4n) is 9.71. The number of esters is 3. The van der Waals surface area contributed by atoms with Crippen molar-refractivity contribution in [3.63, 3.8) is 0 Å². The predicted molar refractivity (Wildman–Crippen MR) is 316 cm³/mol. The van der Waals surface area contributed by atoms with E-state index < -0.39 is 6.10 Å². The van der Waals surface area contributed by atoms with E-state index in [4.69, 9.17) is 14.2 Å². The molecule has 0 aliphatic carbocycles. The Morgan fingerprint density at radius 1 is 0.274 bits per heavy atom. The zero-order valence-electron chi connectivity index (χ0n) is 49.2. The molecule has 0 aromatic heterocycles. The molecule has 428 valence electrons. The molecule has 0 spiro atoms. The van der Waals surface area contributed by atoms with Gasteiger partial charge in [-0.25, -0.2) is 0 Å². The first-order chi connectivity index (χ1) is 36.0. The molecule has 0 saturated carbocycles. The summed E-state index contributed by atoms with van der Waals surface area (Å²) in [5.41, 5.74) is 0. The zero-order chi connectivity index (χ0) is 52.9. The molecule has 0 unspecified atom stereocenters. The van der Waals surface area contributed by atoms with Gasteiger partial charge in [0.15, 0.2) is 6.10 Å². The Labute approximate surface area is 455 Å². The van der Waals surface area contributed by atoms with Gasteiger partial charge in [0.25, 0.3) is 0 Å². The van der Waals surface area contributed by atoms with E-state index in [0.717, 1.165) is 70.6 Å². The number of allylic oxidation sites excluding steroid dienone is 6. The second kappa shape index (κ2) is 62.2. The summed E-state index contributed by atoms with van der Waals surface area (Å²) in [5, 5.41) is 0. The highest BCUT2D eigenvalue weighted by Gasteiger charge is 2.19. The molecule has 0 fully saturated rings. The molecule has 0 rings (SSSR count). The molecule has 1 atom stereocenters. The van der Waals surface area contributed by atoms with Crippen LogP contribution in [0.25, 0.3) is 0 Å². The molecular formula is C67H124O6. The van der Waals surface area contributed by atoms with Gasteiger partial charge < -0.3 is 14.2 Å². The van der Waals surface area contributed by atoms with E-state index in [1.807, 2.05) is 0 Å². The van der Waals surface area contributed by atoms with Crippen LogP contribution in [0.4, 0.5) is 0 Å². The highest BCUT2D eigenvalue weighted by atomic mass is 16.6. The number of carbonyl (C=O) groups excluding carboxylic acids is 3. The van der Waals surface area contributed by atoms with Crippen molar-refractivity contribution in [2.45, 2.75) is 361 Å². The molecule has 73 heavy (non-hydrogen) atoms. The molecule has 6 heteroatoms. The van der Waals surface area contributed by atoms with E-state index in [1.165, 1.54) is 244 Å². The Hall–Kier alpha value is -2.37. The lowest BCUT2D eigenvalue weighted by Gasteiger charge is -2.18. The minimum atomic E-state index is -0.775. The fourth-order valence-corrected chi connectivity index (χ4v) is 9.71. The molecule has 0 aromatic rings. The normalized spacial score (nSPS) is 12.2. The van der Waals surface area contributed by atoms with Gasteiger partial charge in [0.05, 0.1) is 0 Å². The van der Waals surface area contributed by atoms with Gasteiger partial charge in [-0.15, -0.1) is 0 Å². The second-order valence-electron chi connectivity index (χ2n) is 22.0. The summed E-state index contributed by atoms with van der Waals surface area (Å²) < 4.78 is 17.0. The number of unbranched alkanes of at least 4 members (excludes halogenated alkanes) is 43. The summed E-state index contributed by atoms with van der Waals surface area (Å²) in [6, 6.07) is 0. The first kappa shape index (κ1) is 70.6. The smallest absolute Gasteiger partial charge is 0.306 e. The highest BCUT2D eigenvalue weighted by Crippen LogP contribution is 2.17. The van der Waals surface area contributed by atoms with Crippen molar-refractivity contribution < 1.29 is 28.6 Å². The van der Waals surface area contributed by atoms with Crippen molar-refractivity contribution in [3.8, 4) is 0 Å². The SMILES string of the molecule is CCCCC/C=C\C/C=C\CCCCCCCCCC(=O)O[C@H](COC(=O)CCCCCCCCCCC/C=C\CCCCCCCC)COC(=O)CCCCCCCCCCCCCCCCCCCCC. The number of carbonyl (C=O) groups is 3. The molecule has 0 heterocycles. The molecule has 0 aliphatic rings. The largest absolute Gasteiger partial charge is 0.462 e. The van der Waals surface area contributed by atoms with Crippen LogP contribution in [0.1, 0.15) is 355 Å². The van der Waals surface area contributed by atoms with E-state index in [9.17, 15) is 14.4 Å². The predicted octanol–water partition coefficient (Wildman–Crippen LogP) is 22.0. The Balaban J connectivity index is 4.33. The van der Waals surface area contributed by atoms with E-state index in [-0.39, 0.29) is 31.1 Å². The second-order valence-corrected chi connectivity index (χ2v) is 22.0. The molecule has 0 saturated heterocycles. The maximum Gasteiger partial charge on any atom is 0.306 e.